The number of hydrogen-bond acceptors (Lipinski definition) is 4. The highest BCUT2D eigenvalue weighted by Crippen LogP contribution is 2.19. The van der Waals surface area contributed by atoms with Crippen LogP contribution in [0.3, 0.4) is 0 Å². The van der Waals surface area contributed by atoms with Crippen molar-refractivity contribution in [2.75, 3.05) is 13.1 Å². The molecule has 0 aromatic heterocycles. The molecule has 1 unspecified atom stereocenters. The smallest absolute Gasteiger partial charge is 0.243 e. The van der Waals surface area contributed by atoms with E-state index in [1.807, 2.05) is 0 Å². The molecule has 0 saturated heterocycles. The Morgan fingerprint density at radius 3 is 1.90 bits per heavy atom. The van der Waals surface area contributed by atoms with E-state index in [4.69, 9.17) is 5.73 Å². The molecule has 21 heavy (non-hydrogen) atoms. The standard InChI is InChI=1S/C15H29N3O3/c1-14(2,3)11(19)9-10(12(20)17-8-7-16)18-13(21)15(4,5)6/h10H,7-9,16H2,1-6H3,(H,17,20)(H,18,21). The fourth-order valence-corrected chi connectivity index (χ4v) is 1.39. The Hall–Kier alpha value is -1.43. The number of rotatable bonds is 6. The molecular weight excluding hydrogens is 270 g/mol. The third kappa shape index (κ3) is 7.22. The second kappa shape index (κ2) is 7.54. The van der Waals surface area contributed by atoms with Gasteiger partial charge in [-0.05, 0) is 0 Å². The van der Waals surface area contributed by atoms with E-state index in [9.17, 15) is 14.4 Å². The number of nitrogens with one attached hydrogen (secondary N) is 2. The van der Waals surface area contributed by atoms with Crippen LogP contribution in [0.1, 0.15) is 48.0 Å². The largest absolute Gasteiger partial charge is 0.353 e. The zero-order valence-electron chi connectivity index (χ0n) is 14.0. The first-order chi connectivity index (χ1) is 9.39. The number of nitrogens with two attached hydrogens (primary N) is 1. The first-order valence-corrected chi connectivity index (χ1v) is 7.21. The molecular formula is C15H29N3O3. The van der Waals surface area contributed by atoms with E-state index in [1.165, 1.54) is 0 Å². The van der Waals surface area contributed by atoms with Crippen molar-refractivity contribution in [1.82, 2.24) is 10.6 Å². The van der Waals surface area contributed by atoms with Crippen LogP contribution in [-0.4, -0.2) is 36.7 Å². The van der Waals surface area contributed by atoms with Crippen LogP contribution < -0.4 is 16.4 Å². The Morgan fingerprint density at radius 2 is 1.52 bits per heavy atom. The number of ketones is 1. The molecule has 0 aliphatic carbocycles. The summed E-state index contributed by atoms with van der Waals surface area (Å²) in [5, 5.41) is 5.27. The lowest BCUT2D eigenvalue weighted by atomic mass is 9.86. The maximum absolute atomic E-state index is 12.1. The van der Waals surface area contributed by atoms with Crippen LogP contribution in [0.2, 0.25) is 0 Å². The number of carbonyl (C=O) groups excluding carboxylic acids is 3. The molecule has 0 aliphatic heterocycles. The molecule has 0 aliphatic rings. The molecule has 0 radical (unpaired) electrons. The lowest BCUT2D eigenvalue weighted by molar-refractivity contribution is -0.136. The highest BCUT2D eigenvalue weighted by Gasteiger charge is 2.32. The van der Waals surface area contributed by atoms with Gasteiger partial charge >= 0.3 is 0 Å². The molecule has 0 aromatic rings. The van der Waals surface area contributed by atoms with Gasteiger partial charge in [0.15, 0.2) is 0 Å². The van der Waals surface area contributed by atoms with E-state index in [0.29, 0.717) is 13.1 Å². The van der Waals surface area contributed by atoms with Crippen LogP contribution in [0.4, 0.5) is 0 Å². The van der Waals surface area contributed by atoms with Crippen molar-refractivity contribution in [1.29, 1.82) is 0 Å². The third-order valence-electron chi connectivity index (χ3n) is 2.97. The van der Waals surface area contributed by atoms with Crippen molar-refractivity contribution in [2.45, 2.75) is 54.0 Å². The molecule has 0 spiro atoms. The summed E-state index contributed by atoms with van der Waals surface area (Å²) in [4.78, 5) is 36.3. The van der Waals surface area contributed by atoms with Gasteiger partial charge < -0.3 is 16.4 Å². The quantitative estimate of drug-likeness (QED) is 0.668. The Morgan fingerprint density at radius 1 is 1.00 bits per heavy atom. The SMILES string of the molecule is CC(C)(C)C(=O)CC(NC(=O)C(C)(C)C)C(=O)NCCN. The average Bonchev–Trinajstić information content (AvgIpc) is 2.32. The predicted molar refractivity (Wildman–Crippen MR) is 82.5 cm³/mol. The first-order valence-electron chi connectivity index (χ1n) is 7.21. The molecule has 6 nitrogen and oxygen atoms in total. The normalized spacial score (nSPS) is 13.5. The summed E-state index contributed by atoms with van der Waals surface area (Å²) in [7, 11) is 0. The molecule has 2 amide bonds. The van der Waals surface area contributed by atoms with E-state index in [1.54, 1.807) is 41.5 Å². The van der Waals surface area contributed by atoms with Crippen LogP contribution in [0.15, 0.2) is 0 Å². The molecule has 122 valence electrons. The average molecular weight is 299 g/mol. The monoisotopic (exact) mass is 299 g/mol. The summed E-state index contributed by atoms with van der Waals surface area (Å²) in [6.07, 6.45) is -0.0261. The van der Waals surface area contributed by atoms with Crippen LogP contribution in [0.5, 0.6) is 0 Å². The lowest BCUT2D eigenvalue weighted by Gasteiger charge is -2.25. The minimum Gasteiger partial charge on any atom is -0.353 e. The molecule has 1 atom stereocenters. The van der Waals surface area contributed by atoms with Gasteiger partial charge in [0.2, 0.25) is 11.8 Å². The maximum atomic E-state index is 12.1. The van der Waals surface area contributed by atoms with E-state index in [-0.39, 0.29) is 24.0 Å². The Labute approximate surface area is 127 Å². The van der Waals surface area contributed by atoms with E-state index < -0.39 is 16.9 Å². The highest BCUT2D eigenvalue weighted by molar-refractivity contribution is 5.94. The summed E-state index contributed by atoms with van der Waals surface area (Å²) in [6, 6.07) is -0.866. The van der Waals surface area contributed by atoms with Crippen molar-refractivity contribution >= 4 is 17.6 Å². The molecule has 0 bridgehead atoms. The van der Waals surface area contributed by atoms with Gasteiger partial charge in [-0.15, -0.1) is 0 Å². The minimum absolute atomic E-state index is 0.0261. The Kier molecular flexibility index (Phi) is 7.03. The molecule has 6 heteroatoms. The van der Waals surface area contributed by atoms with Crippen molar-refractivity contribution < 1.29 is 14.4 Å². The fraction of sp³-hybridized carbons (Fsp3) is 0.800. The molecule has 0 fully saturated rings. The van der Waals surface area contributed by atoms with Gasteiger partial charge in [-0.25, -0.2) is 0 Å². The minimum atomic E-state index is -0.866. The van der Waals surface area contributed by atoms with Crippen LogP contribution in [0, 0.1) is 10.8 Å². The van der Waals surface area contributed by atoms with Gasteiger partial charge in [0.05, 0.1) is 0 Å². The number of hydrogen-bond donors (Lipinski definition) is 3. The van der Waals surface area contributed by atoms with E-state index in [0.717, 1.165) is 0 Å². The molecule has 0 aromatic carbocycles. The molecule has 0 saturated carbocycles. The van der Waals surface area contributed by atoms with Gasteiger partial charge in [0.25, 0.3) is 0 Å². The number of amides is 2. The van der Waals surface area contributed by atoms with Crippen molar-refractivity contribution in [3.05, 3.63) is 0 Å². The van der Waals surface area contributed by atoms with Crippen LogP contribution in [-0.2, 0) is 14.4 Å². The third-order valence-corrected chi connectivity index (χ3v) is 2.97. The summed E-state index contributed by atoms with van der Waals surface area (Å²) in [5.74, 6) is -0.725. The Bertz CT molecular complexity index is 364. The molecule has 0 rings (SSSR count). The summed E-state index contributed by atoms with van der Waals surface area (Å²) in [5.41, 5.74) is 4.16. The van der Waals surface area contributed by atoms with Gasteiger partial charge in [-0.2, -0.15) is 0 Å². The second-order valence-corrected chi connectivity index (χ2v) is 7.23. The van der Waals surface area contributed by atoms with Gasteiger partial charge in [0, 0.05) is 30.3 Å². The summed E-state index contributed by atoms with van der Waals surface area (Å²) < 4.78 is 0. The predicted octanol–water partition coefficient (Wildman–Crippen LogP) is 0.598. The molecule has 4 N–H and O–H groups in total. The lowest BCUT2D eigenvalue weighted by Crippen LogP contribution is -2.52. The topological polar surface area (TPSA) is 101 Å². The van der Waals surface area contributed by atoms with Gasteiger partial charge in [-0.3, -0.25) is 14.4 Å². The summed E-state index contributed by atoms with van der Waals surface area (Å²) >= 11 is 0. The zero-order valence-corrected chi connectivity index (χ0v) is 14.0. The fourth-order valence-electron chi connectivity index (χ4n) is 1.39. The molecule has 0 heterocycles. The second-order valence-electron chi connectivity index (χ2n) is 7.23. The van der Waals surface area contributed by atoms with E-state index in [2.05, 4.69) is 10.6 Å². The van der Waals surface area contributed by atoms with Crippen molar-refractivity contribution in [3.8, 4) is 0 Å². The van der Waals surface area contributed by atoms with Gasteiger partial charge in [-0.1, -0.05) is 41.5 Å². The van der Waals surface area contributed by atoms with Gasteiger partial charge in [0.1, 0.15) is 11.8 Å². The number of Topliss-reactive ketones (excluding diaryl/α,β-unsaturated/α-hetero) is 1. The summed E-state index contributed by atoms with van der Waals surface area (Å²) in [6.45, 7) is 11.2. The van der Waals surface area contributed by atoms with Crippen LogP contribution >= 0.6 is 0 Å². The highest BCUT2D eigenvalue weighted by atomic mass is 16.2. The first kappa shape index (κ1) is 19.6. The van der Waals surface area contributed by atoms with Crippen molar-refractivity contribution in [2.24, 2.45) is 16.6 Å². The van der Waals surface area contributed by atoms with Crippen LogP contribution in [0.25, 0.3) is 0 Å². The van der Waals surface area contributed by atoms with Crippen molar-refractivity contribution in [3.63, 3.8) is 0 Å². The van der Waals surface area contributed by atoms with E-state index >= 15 is 0 Å². The number of carbonyl (C=O) groups is 3. The maximum Gasteiger partial charge on any atom is 0.243 e. The zero-order chi connectivity index (χ0) is 16.8. The Balaban J connectivity index is 4.98.